The summed E-state index contributed by atoms with van der Waals surface area (Å²) in [5.41, 5.74) is 0.522. The lowest BCUT2D eigenvalue weighted by Crippen LogP contribution is -2.29. The maximum Gasteiger partial charge on any atom is 0.211 e. The van der Waals surface area contributed by atoms with Gasteiger partial charge in [-0.2, -0.15) is 0 Å². The van der Waals surface area contributed by atoms with Gasteiger partial charge in [0, 0.05) is 18.3 Å². The standard InChI is InChI=1S/C15H18BrFN6O4S/c16-11-8-10(4-5-12(11)17)19-15(20-24)13-14(22-27-21-13)18-6-1-7-28(25,26)23-9-2-3-9/h4-5,8-9,23-24H,1-3,6-7H2,(H,18,22)(H,19,20). The monoisotopic (exact) mass is 476 g/mol. The molecule has 0 saturated heterocycles. The summed E-state index contributed by atoms with van der Waals surface area (Å²) in [5, 5.41) is 25.5. The highest BCUT2D eigenvalue weighted by molar-refractivity contribution is 9.10. The highest BCUT2D eigenvalue weighted by Crippen LogP contribution is 2.22. The van der Waals surface area contributed by atoms with Gasteiger partial charge in [-0.15, -0.1) is 0 Å². The zero-order valence-corrected chi connectivity index (χ0v) is 16.9. The second kappa shape index (κ2) is 8.84. The number of sulfonamides is 1. The lowest BCUT2D eigenvalue weighted by Gasteiger charge is -2.09. The van der Waals surface area contributed by atoms with E-state index in [2.05, 4.69) is 51.4 Å². The van der Waals surface area contributed by atoms with Gasteiger partial charge in [-0.1, -0.05) is 5.16 Å². The third kappa shape index (κ3) is 5.62. The Bertz CT molecular complexity index is 963. The van der Waals surface area contributed by atoms with Crippen LogP contribution in [0.15, 0.2) is 32.5 Å². The molecule has 0 radical (unpaired) electrons. The molecule has 152 valence electrons. The van der Waals surface area contributed by atoms with E-state index in [4.69, 9.17) is 0 Å². The van der Waals surface area contributed by atoms with Gasteiger partial charge in [0.05, 0.1) is 10.2 Å². The Hall–Kier alpha value is -2.25. The number of halogens is 2. The Morgan fingerprint density at radius 1 is 1.39 bits per heavy atom. The molecule has 1 fully saturated rings. The van der Waals surface area contributed by atoms with Crippen LogP contribution in [0.5, 0.6) is 0 Å². The second-order valence-corrected chi connectivity index (χ2v) is 8.88. The summed E-state index contributed by atoms with van der Waals surface area (Å²) in [5.74, 6) is -0.371. The van der Waals surface area contributed by atoms with Crippen LogP contribution >= 0.6 is 15.9 Å². The number of anilines is 2. The van der Waals surface area contributed by atoms with Gasteiger partial charge in [0.2, 0.25) is 21.7 Å². The number of hydrogen-bond acceptors (Lipinski definition) is 8. The number of aromatic nitrogens is 2. The summed E-state index contributed by atoms with van der Waals surface area (Å²) in [6.45, 7) is 0.285. The Morgan fingerprint density at radius 3 is 2.86 bits per heavy atom. The molecule has 28 heavy (non-hydrogen) atoms. The van der Waals surface area contributed by atoms with Crippen molar-refractivity contribution in [3.63, 3.8) is 0 Å². The smallest absolute Gasteiger partial charge is 0.211 e. The third-order valence-electron chi connectivity index (χ3n) is 3.80. The van der Waals surface area contributed by atoms with Gasteiger partial charge in [0.1, 0.15) is 5.82 Å². The van der Waals surface area contributed by atoms with Crippen LogP contribution in [0.3, 0.4) is 0 Å². The minimum atomic E-state index is -3.30. The fraction of sp³-hybridized carbons (Fsp3) is 0.400. The van der Waals surface area contributed by atoms with Crippen molar-refractivity contribution in [3.8, 4) is 0 Å². The van der Waals surface area contributed by atoms with Gasteiger partial charge in [-0.3, -0.25) is 0 Å². The number of nitrogens with zero attached hydrogens (tertiary/aromatic N) is 3. The van der Waals surface area contributed by atoms with Crippen LogP contribution in [0, 0.1) is 5.82 Å². The van der Waals surface area contributed by atoms with Crippen LogP contribution in [0.2, 0.25) is 0 Å². The van der Waals surface area contributed by atoms with Gasteiger partial charge >= 0.3 is 0 Å². The van der Waals surface area contributed by atoms with E-state index in [0.717, 1.165) is 12.8 Å². The molecule has 0 aliphatic heterocycles. The first kappa shape index (κ1) is 20.5. The number of benzene rings is 1. The zero-order chi connectivity index (χ0) is 20.1. The largest absolute Gasteiger partial charge is 0.409 e. The molecule has 13 heteroatoms. The van der Waals surface area contributed by atoms with Crippen molar-refractivity contribution in [3.05, 3.63) is 34.2 Å². The van der Waals surface area contributed by atoms with Crippen LogP contribution in [-0.4, -0.2) is 48.1 Å². The lowest BCUT2D eigenvalue weighted by atomic mass is 10.3. The quantitative estimate of drug-likeness (QED) is 0.142. The molecule has 1 saturated carbocycles. The molecule has 3 rings (SSSR count). The van der Waals surface area contributed by atoms with Crippen molar-refractivity contribution in [1.29, 1.82) is 0 Å². The van der Waals surface area contributed by atoms with Crippen molar-refractivity contribution in [2.45, 2.75) is 25.3 Å². The number of rotatable bonds is 9. The van der Waals surface area contributed by atoms with Gasteiger partial charge in [-0.05, 0) is 63.7 Å². The molecular weight excluding hydrogens is 459 g/mol. The molecule has 4 N–H and O–H groups in total. The van der Waals surface area contributed by atoms with Crippen LogP contribution in [0.25, 0.3) is 0 Å². The van der Waals surface area contributed by atoms with E-state index in [9.17, 15) is 18.0 Å². The van der Waals surface area contributed by atoms with Crippen molar-refractivity contribution < 1.29 is 22.6 Å². The summed E-state index contributed by atoms with van der Waals surface area (Å²) in [6.07, 6.45) is 2.09. The first-order valence-electron chi connectivity index (χ1n) is 8.39. The highest BCUT2D eigenvalue weighted by Gasteiger charge is 2.26. The Morgan fingerprint density at radius 2 is 2.18 bits per heavy atom. The number of amidine groups is 1. The van der Waals surface area contributed by atoms with Crippen molar-refractivity contribution >= 4 is 43.3 Å². The zero-order valence-electron chi connectivity index (χ0n) is 14.5. The van der Waals surface area contributed by atoms with Crippen LogP contribution < -0.4 is 15.4 Å². The molecule has 1 aliphatic rings. The van der Waals surface area contributed by atoms with E-state index in [1.165, 1.54) is 18.2 Å². The van der Waals surface area contributed by atoms with E-state index in [1.54, 1.807) is 0 Å². The molecule has 0 unspecified atom stereocenters. The first-order valence-corrected chi connectivity index (χ1v) is 10.8. The normalized spacial score (nSPS) is 14.9. The topological polar surface area (TPSA) is 142 Å². The summed E-state index contributed by atoms with van der Waals surface area (Å²) in [7, 11) is -3.30. The average molecular weight is 477 g/mol. The second-order valence-electron chi connectivity index (χ2n) is 6.16. The molecule has 2 aromatic rings. The molecule has 0 atom stereocenters. The summed E-state index contributed by atoms with van der Waals surface area (Å²) < 4.78 is 44.5. The predicted molar refractivity (Wildman–Crippen MR) is 103 cm³/mol. The van der Waals surface area contributed by atoms with Crippen LogP contribution in [0.1, 0.15) is 25.0 Å². The molecular formula is C15H18BrFN6O4S. The van der Waals surface area contributed by atoms with E-state index >= 15 is 0 Å². The number of nitrogens with one attached hydrogen (secondary N) is 3. The Labute approximate surface area is 168 Å². The molecule has 1 heterocycles. The minimum Gasteiger partial charge on any atom is -0.409 e. The van der Waals surface area contributed by atoms with E-state index < -0.39 is 15.8 Å². The van der Waals surface area contributed by atoms with Crippen LogP contribution in [-0.2, 0) is 10.0 Å². The maximum atomic E-state index is 13.3. The molecule has 1 aromatic carbocycles. The molecule has 0 bridgehead atoms. The van der Waals surface area contributed by atoms with Gasteiger partial charge in [0.15, 0.2) is 5.69 Å². The van der Waals surface area contributed by atoms with Gasteiger partial charge in [-0.25, -0.2) is 22.2 Å². The SMILES string of the molecule is O=S(=O)(CCCNc1nonc1C(=NO)Nc1ccc(F)c(Br)c1)NC1CC1. The van der Waals surface area contributed by atoms with Gasteiger partial charge in [0.25, 0.3) is 0 Å². The number of oxime groups is 1. The first-order chi connectivity index (χ1) is 13.4. The third-order valence-corrected chi connectivity index (χ3v) is 5.93. The van der Waals surface area contributed by atoms with Gasteiger partial charge < -0.3 is 15.8 Å². The highest BCUT2D eigenvalue weighted by atomic mass is 79.9. The van der Waals surface area contributed by atoms with Crippen molar-refractivity contribution in [2.24, 2.45) is 5.16 Å². The number of hydrogen-bond donors (Lipinski definition) is 4. The van der Waals surface area contributed by atoms with Crippen molar-refractivity contribution in [2.75, 3.05) is 22.9 Å². The minimum absolute atomic E-state index is 0.0279. The fourth-order valence-corrected chi connectivity index (χ4v) is 4.05. The Balaban J connectivity index is 1.57. The van der Waals surface area contributed by atoms with E-state index in [1.807, 2.05) is 0 Å². The van der Waals surface area contributed by atoms with E-state index in [0.29, 0.717) is 12.1 Å². The predicted octanol–water partition coefficient (Wildman–Crippen LogP) is 2.10. The molecule has 1 aromatic heterocycles. The molecule has 0 amide bonds. The fourth-order valence-electron chi connectivity index (χ4n) is 2.29. The average Bonchev–Trinajstić information content (AvgIpc) is 3.33. The summed E-state index contributed by atoms with van der Waals surface area (Å²) in [4.78, 5) is 0. The molecule has 10 nitrogen and oxygen atoms in total. The summed E-state index contributed by atoms with van der Waals surface area (Å²) in [6, 6.07) is 4.21. The van der Waals surface area contributed by atoms with Crippen molar-refractivity contribution in [1.82, 2.24) is 15.0 Å². The Kier molecular flexibility index (Phi) is 6.46. The summed E-state index contributed by atoms with van der Waals surface area (Å²) >= 11 is 3.07. The van der Waals surface area contributed by atoms with E-state index in [-0.39, 0.29) is 40.2 Å². The molecule has 0 spiro atoms. The maximum absolute atomic E-state index is 13.3. The lowest BCUT2D eigenvalue weighted by molar-refractivity contribution is 0.305. The van der Waals surface area contributed by atoms with Crippen LogP contribution in [0.4, 0.5) is 15.9 Å². The molecule has 1 aliphatic carbocycles.